The molecule has 2 aromatic heterocycles. The molecule has 2 N–H and O–H groups in total. The Balaban J connectivity index is 1.22. The predicted molar refractivity (Wildman–Crippen MR) is 261 cm³/mol. The summed E-state index contributed by atoms with van der Waals surface area (Å²) in [4.78, 5) is 47.9. The van der Waals surface area contributed by atoms with Crippen molar-refractivity contribution >= 4 is 28.9 Å². The molecule has 21 heteroatoms. The monoisotopic (exact) mass is 1010 g/mol. The number of rotatable bonds is 14. The number of cyclic esters (lactones) is 1. The van der Waals surface area contributed by atoms with E-state index in [1.54, 1.807) is 56.0 Å². The Morgan fingerprint density at radius 3 is 2.26 bits per heavy atom. The number of aliphatic hydroxyl groups excluding tert-OH is 2. The summed E-state index contributed by atoms with van der Waals surface area (Å²) in [5.41, 5.74) is -1.48. The number of esters is 1. The molecule has 0 spiro atoms. The molecule has 21 nitrogen and oxygen atoms in total. The van der Waals surface area contributed by atoms with Crippen molar-refractivity contribution in [2.75, 3.05) is 34.9 Å². The molecule has 1 aromatic carbocycles. The van der Waals surface area contributed by atoms with E-state index in [2.05, 4.69) is 20.6 Å². The van der Waals surface area contributed by atoms with Crippen LogP contribution in [0.15, 0.2) is 30.5 Å². The third kappa shape index (κ3) is 11.1. The quantitative estimate of drug-likeness (QED) is 0.213. The van der Waals surface area contributed by atoms with Crippen molar-refractivity contribution in [2.45, 2.75) is 199 Å². The molecule has 0 saturated carbocycles. The van der Waals surface area contributed by atoms with Crippen LogP contribution in [0.3, 0.4) is 0 Å². The van der Waals surface area contributed by atoms with Crippen LogP contribution in [0.2, 0.25) is 0 Å². The smallest absolute Gasteiger partial charge is 0.410 e. The first-order valence-electron chi connectivity index (χ1n) is 25.6. The minimum Gasteiger partial charge on any atom is -0.458 e. The second-order valence-corrected chi connectivity index (χ2v) is 21.7. The number of nitrogens with zero attached hydrogens (tertiary/aromatic N) is 8. The molecule has 7 unspecified atom stereocenters. The highest BCUT2D eigenvalue weighted by molar-refractivity contribution is 5.85. The molecule has 18 atom stereocenters. The molecule has 4 aliphatic rings. The number of aliphatic hydroxyl groups is 2. The summed E-state index contributed by atoms with van der Waals surface area (Å²) in [5, 5.41) is 40.2. The lowest BCUT2D eigenvalue weighted by atomic mass is 9.73. The largest absolute Gasteiger partial charge is 0.458 e. The Bertz CT molecular complexity index is 2330. The molecule has 1 amide bonds. The van der Waals surface area contributed by atoms with Crippen LogP contribution in [-0.2, 0) is 60.6 Å². The number of fused-ring (bicyclic) bond motifs is 2. The molecule has 6 heterocycles. The molecule has 402 valence electrons. The van der Waals surface area contributed by atoms with E-state index in [1.165, 1.54) is 7.11 Å². The van der Waals surface area contributed by atoms with E-state index in [0.29, 0.717) is 31.6 Å². The van der Waals surface area contributed by atoms with E-state index in [4.69, 9.17) is 37.9 Å². The van der Waals surface area contributed by atoms with Crippen LogP contribution in [-0.4, -0.2) is 187 Å². The first-order chi connectivity index (χ1) is 34.0. The minimum absolute atomic E-state index is 0.116. The molecule has 72 heavy (non-hydrogen) atoms. The lowest BCUT2D eigenvalue weighted by Crippen LogP contribution is -2.61. The number of likely N-dealkylation sites (N-methyl/N-ethyl adjacent to an activating group) is 1. The number of carbonyl (C=O) groups excluding carboxylic acids is 3. The fourth-order valence-electron chi connectivity index (χ4n) is 12.0. The third-order valence-electron chi connectivity index (χ3n) is 16.2. The maximum atomic E-state index is 15.2. The first kappa shape index (κ1) is 55.6. The van der Waals surface area contributed by atoms with Crippen LogP contribution in [0, 0.1) is 23.7 Å². The summed E-state index contributed by atoms with van der Waals surface area (Å²) in [5.74, 6) is -4.06. The highest BCUT2D eigenvalue weighted by atomic mass is 16.7. The zero-order valence-electron chi connectivity index (χ0n) is 44.7. The summed E-state index contributed by atoms with van der Waals surface area (Å²) < 4.78 is 55.2. The number of hydrogen-bond acceptors (Lipinski definition) is 18. The lowest BCUT2D eigenvalue weighted by molar-refractivity contribution is -0.319. The van der Waals surface area contributed by atoms with Gasteiger partial charge < -0.3 is 57.9 Å². The molecule has 4 fully saturated rings. The SMILES string of the molecule is CC[C@H]1OC(=O)[C@H](C)C(OC2C[C@@](C)(OC)[C@@H](O)C(C)O2)[C@H](C)[C@@H](OC2OC(C)CC(N(C)C)C2O)[C@@](C)(OC)C[C@@H](C)C(=O)[C@H](C)[C@H]2N(CCCn3cc(Cn4nnc5ccccc54)nn3)C(=O)O[C@]12C. The summed E-state index contributed by atoms with van der Waals surface area (Å²) in [6, 6.07) is 6.50. The van der Waals surface area contributed by atoms with Crippen LogP contribution in [0.5, 0.6) is 0 Å². The van der Waals surface area contributed by atoms with E-state index >= 15 is 4.79 Å². The summed E-state index contributed by atoms with van der Waals surface area (Å²) in [6.45, 7) is 19.0. The molecule has 3 aromatic rings. The first-order valence-corrected chi connectivity index (χ1v) is 25.6. The number of aromatic nitrogens is 6. The number of benzene rings is 1. The topological polar surface area (TPSA) is 233 Å². The lowest BCUT2D eigenvalue weighted by Gasteiger charge is -2.50. The van der Waals surface area contributed by atoms with E-state index in [1.807, 2.05) is 84.1 Å². The molecule has 0 radical (unpaired) electrons. The zero-order chi connectivity index (χ0) is 52.6. The highest BCUT2D eigenvalue weighted by Crippen LogP contribution is 2.45. The predicted octanol–water partition coefficient (Wildman–Crippen LogP) is 4.38. The van der Waals surface area contributed by atoms with Gasteiger partial charge in [-0.3, -0.25) is 14.3 Å². The standard InChI is InChI=1S/C51H80N8O13/c1-15-38-51(10)43(58(48(64)72-51)22-18-21-57-26-34(52-54-57)27-59-36-20-17-16-19-35(36)53-55-59)30(4)40(60)28(2)24-50(9,66-14)45(71-47-41(61)37(56(11)12)23-29(3)67-47)31(5)42(32(6)46(63)69-38)70-39-25-49(8,65-13)44(62)33(7)68-39/h16-17,19-20,26,28-33,37-39,41-45,47,61-62H,15,18,21-25,27H2,1-14H3/t28-,29?,30+,31+,32-,33?,37?,38-,39?,41?,42?,43-,44+,45-,47?,49-,50+,51-/m1/s1. The molecule has 4 saturated heterocycles. The molecular formula is C51H80N8O13. The number of methoxy groups -OCH3 is 2. The number of ketones is 1. The fraction of sp³-hybridized carbons (Fsp3) is 0.784. The van der Waals surface area contributed by atoms with E-state index < -0.39 is 108 Å². The van der Waals surface area contributed by atoms with Gasteiger partial charge in [-0.15, -0.1) is 10.2 Å². The molecule has 7 rings (SSSR count). The van der Waals surface area contributed by atoms with Crippen molar-refractivity contribution in [3.8, 4) is 0 Å². The Labute approximate surface area is 423 Å². The number of Topliss-reactive ketones (excluding diaryl/α,β-unsaturated/α-hetero) is 1. The van der Waals surface area contributed by atoms with Crippen molar-refractivity contribution in [3.05, 3.63) is 36.2 Å². The van der Waals surface area contributed by atoms with Gasteiger partial charge in [-0.25, -0.2) is 9.48 Å². The second-order valence-electron chi connectivity index (χ2n) is 21.7. The highest BCUT2D eigenvalue weighted by Gasteiger charge is 2.61. The van der Waals surface area contributed by atoms with Crippen LogP contribution in [0.4, 0.5) is 4.79 Å². The molecule has 4 aliphatic heterocycles. The van der Waals surface area contributed by atoms with Crippen molar-refractivity contribution in [1.29, 1.82) is 0 Å². The second kappa shape index (κ2) is 22.3. The normalized spacial score (nSPS) is 39.5. The van der Waals surface area contributed by atoms with Crippen LogP contribution >= 0.6 is 0 Å². The van der Waals surface area contributed by atoms with Crippen LogP contribution in [0.1, 0.15) is 107 Å². The molecular weight excluding hydrogens is 933 g/mol. The average Bonchev–Trinajstić information content (AvgIpc) is 4.05. The van der Waals surface area contributed by atoms with E-state index in [-0.39, 0.29) is 43.7 Å². The average molecular weight is 1010 g/mol. The Kier molecular flexibility index (Phi) is 17.2. The molecule has 0 aliphatic carbocycles. The van der Waals surface area contributed by atoms with Crippen LogP contribution in [0.25, 0.3) is 11.0 Å². The maximum Gasteiger partial charge on any atom is 0.410 e. The van der Waals surface area contributed by atoms with E-state index in [0.717, 1.165) is 11.0 Å². The minimum atomic E-state index is -1.47. The van der Waals surface area contributed by atoms with Gasteiger partial charge in [-0.2, -0.15) is 0 Å². The number of carbonyl (C=O) groups is 3. The van der Waals surface area contributed by atoms with Crippen LogP contribution < -0.4 is 0 Å². The van der Waals surface area contributed by atoms with Crippen molar-refractivity contribution in [1.82, 2.24) is 39.8 Å². The van der Waals surface area contributed by atoms with Gasteiger partial charge in [0.15, 0.2) is 18.2 Å². The maximum absolute atomic E-state index is 15.2. The number of para-hydroxylation sites is 1. The van der Waals surface area contributed by atoms with Gasteiger partial charge >= 0.3 is 12.1 Å². The van der Waals surface area contributed by atoms with E-state index in [9.17, 15) is 19.8 Å². The van der Waals surface area contributed by atoms with Gasteiger partial charge in [0.2, 0.25) is 0 Å². The fourth-order valence-corrected chi connectivity index (χ4v) is 12.0. The van der Waals surface area contributed by atoms with Gasteiger partial charge in [-0.1, -0.05) is 50.3 Å². The van der Waals surface area contributed by atoms with Crippen molar-refractivity contribution < 1.29 is 62.5 Å². The van der Waals surface area contributed by atoms with Gasteiger partial charge in [-0.05, 0) is 93.5 Å². The number of amides is 1. The third-order valence-corrected chi connectivity index (χ3v) is 16.2. The Hall–Kier alpha value is -4.19. The van der Waals surface area contributed by atoms with Gasteiger partial charge in [0, 0.05) is 57.5 Å². The number of ether oxygens (including phenoxy) is 8. The summed E-state index contributed by atoms with van der Waals surface area (Å²) in [7, 11) is 6.85. The number of hydrogen-bond donors (Lipinski definition) is 2. The summed E-state index contributed by atoms with van der Waals surface area (Å²) in [6.07, 6.45) is -5.48. The van der Waals surface area contributed by atoms with Gasteiger partial charge in [0.25, 0.3) is 0 Å². The summed E-state index contributed by atoms with van der Waals surface area (Å²) >= 11 is 0. The van der Waals surface area contributed by atoms with Crippen molar-refractivity contribution in [3.63, 3.8) is 0 Å². The zero-order valence-corrected chi connectivity index (χ0v) is 44.7. The van der Waals surface area contributed by atoms with Gasteiger partial charge in [0.05, 0.1) is 65.8 Å². The van der Waals surface area contributed by atoms with Gasteiger partial charge in [0.1, 0.15) is 35.3 Å². The van der Waals surface area contributed by atoms with Crippen molar-refractivity contribution in [2.24, 2.45) is 23.7 Å². The molecule has 0 bridgehead atoms. The Morgan fingerprint density at radius 1 is 0.875 bits per heavy atom. The Morgan fingerprint density at radius 2 is 1.58 bits per heavy atom. The number of aryl methyl sites for hydroxylation is 1.